The Morgan fingerprint density at radius 1 is 1.33 bits per heavy atom. The molecular weight excluding hydrogens is 268 g/mol. The number of aromatic amines is 1. The standard InChI is InChI=1S/C14H14N6O/c21-14(19-7-3-6-13-18-15-9-20(13)19)8-12-10-4-1-2-5-11(10)16-17-12/h1-2,4-5,9H,3,6-8H2,(H,16,17). The van der Waals surface area contributed by atoms with Crippen LogP contribution in [-0.2, 0) is 17.6 Å². The van der Waals surface area contributed by atoms with Crippen molar-refractivity contribution < 1.29 is 4.79 Å². The third kappa shape index (κ3) is 1.97. The molecule has 0 fully saturated rings. The Morgan fingerprint density at radius 2 is 2.24 bits per heavy atom. The van der Waals surface area contributed by atoms with Crippen LogP contribution in [0.25, 0.3) is 10.9 Å². The predicted molar refractivity (Wildman–Crippen MR) is 76.2 cm³/mol. The van der Waals surface area contributed by atoms with Crippen LogP contribution in [0.5, 0.6) is 0 Å². The molecule has 0 radical (unpaired) electrons. The summed E-state index contributed by atoms with van der Waals surface area (Å²) in [6.07, 6.45) is 3.65. The van der Waals surface area contributed by atoms with E-state index in [9.17, 15) is 4.79 Å². The Hall–Kier alpha value is -2.70. The van der Waals surface area contributed by atoms with Gasteiger partial charge in [0.05, 0.1) is 17.6 Å². The maximum atomic E-state index is 12.6. The molecule has 0 bridgehead atoms. The zero-order valence-corrected chi connectivity index (χ0v) is 11.4. The number of hydrogen-bond donors (Lipinski definition) is 1. The molecule has 1 aromatic carbocycles. The third-order valence-electron chi connectivity index (χ3n) is 3.79. The van der Waals surface area contributed by atoms with E-state index in [2.05, 4.69) is 20.4 Å². The topological polar surface area (TPSA) is 79.7 Å². The number of nitrogens with zero attached hydrogens (tertiary/aromatic N) is 5. The van der Waals surface area contributed by atoms with E-state index in [1.165, 1.54) is 0 Å². The molecule has 21 heavy (non-hydrogen) atoms. The monoisotopic (exact) mass is 282 g/mol. The molecule has 0 saturated carbocycles. The van der Waals surface area contributed by atoms with Crippen molar-refractivity contribution in [3.8, 4) is 0 Å². The van der Waals surface area contributed by atoms with Gasteiger partial charge in [0, 0.05) is 18.4 Å². The van der Waals surface area contributed by atoms with Gasteiger partial charge >= 0.3 is 0 Å². The largest absolute Gasteiger partial charge is 0.281 e. The minimum absolute atomic E-state index is 0.0187. The minimum atomic E-state index is 0.0187. The summed E-state index contributed by atoms with van der Waals surface area (Å²) in [5.41, 5.74) is 1.72. The van der Waals surface area contributed by atoms with Gasteiger partial charge in [-0.15, -0.1) is 10.2 Å². The molecule has 1 amide bonds. The lowest BCUT2D eigenvalue weighted by atomic mass is 10.1. The molecule has 7 nitrogen and oxygen atoms in total. The lowest BCUT2D eigenvalue weighted by molar-refractivity contribution is -0.119. The molecule has 1 aliphatic heterocycles. The number of para-hydroxylation sites is 1. The maximum Gasteiger partial charge on any atom is 0.247 e. The summed E-state index contributed by atoms with van der Waals surface area (Å²) < 4.78 is 1.75. The van der Waals surface area contributed by atoms with Crippen molar-refractivity contribution in [2.45, 2.75) is 19.3 Å². The molecule has 0 atom stereocenters. The van der Waals surface area contributed by atoms with Gasteiger partial charge in [0.2, 0.25) is 5.91 Å². The molecule has 0 saturated heterocycles. The Balaban J connectivity index is 1.62. The van der Waals surface area contributed by atoms with Gasteiger partial charge in [-0.2, -0.15) is 5.10 Å². The van der Waals surface area contributed by atoms with Crippen molar-refractivity contribution in [1.29, 1.82) is 0 Å². The van der Waals surface area contributed by atoms with E-state index in [-0.39, 0.29) is 12.3 Å². The zero-order valence-electron chi connectivity index (χ0n) is 11.4. The number of aryl methyl sites for hydroxylation is 1. The summed E-state index contributed by atoms with van der Waals surface area (Å²) in [5.74, 6) is 0.856. The summed E-state index contributed by atoms with van der Waals surface area (Å²) in [5, 5.41) is 17.8. The first-order valence-electron chi connectivity index (χ1n) is 6.94. The van der Waals surface area contributed by atoms with E-state index >= 15 is 0 Å². The van der Waals surface area contributed by atoms with Gasteiger partial charge in [-0.05, 0) is 12.5 Å². The van der Waals surface area contributed by atoms with E-state index in [1.807, 2.05) is 24.3 Å². The van der Waals surface area contributed by atoms with E-state index in [1.54, 1.807) is 16.0 Å². The highest BCUT2D eigenvalue weighted by Gasteiger charge is 2.24. The van der Waals surface area contributed by atoms with E-state index in [0.717, 1.165) is 35.3 Å². The van der Waals surface area contributed by atoms with E-state index in [0.29, 0.717) is 6.54 Å². The lowest BCUT2D eigenvalue weighted by Crippen LogP contribution is -2.45. The molecule has 1 N–H and O–H groups in total. The summed E-state index contributed by atoms with van der Waals surface area (Å²) >= 11 is 0. The molecule has 3 heterocycles. The summed E-state index contributed by atoms with van der Waals surface area (Å²) in [6, 6.07) is 7.79. The molecule has 3 aromatic rings. The number of carbonyl (C=O) groups excluding carboxylic acids is 1. The number of H-pyrrole nitrogens is 1. The molecule has 7 heteroatoms. The van der Waals surface area contributed by atoms with Crippen molar-refractivity contribution in [3.05, 3.63) is 42.1 Å². The van der Waals surface area contributed by atoms with Gasteiger partial charge in [-0.3, -0.25) is 9.89 Å². The van der Waals surface area contributed by atoms with Crippen LogP contribution in [0.15, 0.2) is 30.6 Å². The van der Waals surface area contributed by atoms with Crippen molar-refractivity contribution in [2.75, 3.05) is 11.6 Å². The molecule has 0 spiro atoms. The fourth-order valence-electron chi connectivity index (χ4n) is 2.75. The Morgan fingerprint density at radius 3 is 3.19 bits per heavy atom. The zero-order chi connectivity index (χ0) is 14.2. The number of rotatable bonds is 2. The lowest BCUT2D eigenvalue weighted by Gasteiger charge is -2.27. The van der Waals surface area contributed by atoms with Gasteiger partial charge in [0.15, 0.2) is 5.82 Å². The Labute approximate surface area is 120 Å². The van der Waals surface area contributed by atoms with Gasteiger partial charge in [-0.25, -0.2) is 9.69 Å². The number of carbonyl (C=O) groups is 1. The second-order valence-corrected chi connectivity index (χ2v) is 5.11. The molecule has 106 valence electrons. The van der Waals surface area contributed by atoms with Crippen molar-refractivity contribution in [2.24, 2.45) is 0 Å². The fraction of sp³-hybridized carbons (Fsp3) is 0.286. The van der Waals surface area contributed by atoms with Gasteiger partial charge in [0.25, 0.3) is 0 Å². The average Bonchev–Trinajstić information content (AvgIpc) is 3.14. The highest BCUT2D eigenvalue weighted by Crippen LogP contribution is 2.17. The SMILES string of the molecule is O=C(Cc1[nH]nc2ccccc12)N1CCCc2nncn21. The van der Waals surface area contributed by atoms with Gasteiger partial charge in [0.1, 0.15) is 6.33 Å². The van der Waals surface area contributed by atoms with Gasteiger partial charge < -0.3 is 0 Å². The molecule has 1 aliphatic rings. The first-order valence-corrected chi connectivity index (χ1v) is 6.94. The normalized spacial score (nSPS) is 14.4. The second kappa shape index (κ2) is 4.69. The van der Waals surface area contributed by atoms with Gasteiger partial charge in [-0.1, -0.05) is 18.2 Å². The smallest absolute Gasteiger partial charge is 0.247 e. The van der Waals surface area contributed by atoms with Crippen molar-refractivity contribution in [3.63, 3.8) is 0 Å². The first-order chi connectivity index (χ1) is 10.3. The van der Waals surface area contributed by atoms with E-state index < -0.39 is 0 Å². The van der Waals surface area contributed by atoms with Crippen molar-refractivity contribution >= 4 is 16.8 Å². The van der Waals surface area contributed by atoms with Crippen molar-refractivity contribution in [1.82, 2.24) is 25.1 Å². The van der Waals surface area contributed by atoms with Crippen LogP contribution < -0.4 is 5.01 Å². The summed E-state index contributed by atoms with van der Waals surface area (Å²) in [6.45, 7) is 0.690. The van der Waals surface area contributed by atoms with Crippen LogP contribution in [0, 0.1) is 0 Å². The molecule has 2 aromatic heterocycles. The molecule has 0 aliphatic carbocycles. The van der Waals surface area contributed by atoms with Crippen LogP contribution in [-0.4, -0.2) is 37.5 Å². The average molecular weight is 282 g/mol. The van der Waals surface area contributed by atoms with Crippen LogP contribution in [0.2, 0.25) is 0 Å². The first kappa shape index (κ1) is 12.1. The number of amides is 1. The van der Waals surface area contributed by atoms with Crippen LogP contribution in [0.1, 0.15) is 17.9 Å². The minimum Gasteiger partial charge on any atom is -0.281 e. The highest BCUT2D eigenvalue weighted by atomic mass is 16.2. The van der Waals surface area contributed by atoms with Crippen LogP contribution >= 0.6 is 0 Å². The number of hydrogen-bond acceptors (Lipinski definition) is 4. The van der Waals surface area contributed by atoms with Crippen LogP contribution in [0.4, 0.5) is 0 Å². The quantitative estimate of drug-likeness (QED) is 0.754. The third-order valence-corrected chi connectivity index (χ3v) is 3.79. The maximum absolute atomic E-state index is 12.6. The number of fused-ring (bicyclic) bond motifs is 2. The predicted octanol–water partition coefficient (Wildman–Crippen LogP) is 0.808. The second-order valence-electron chi connectivity index (χ2n) is 5.11. The number of benzene rings is 1. The highest BCUT2D eigenvalue weighted by molar-refractivity contribution is 5.92. The molecule has 0 unspecified atom stereocenters. The fourth-order valence-corrected chi connectivity index (χ4v) is 2.75. The Kier molecular flexibility index (Phi) is 2.70. The molecular formula is C14H14N6O. The molecule has 4 rings (SSSR count). The summed E-state index contributed by atoms with van der Waals surface area (Å²) in [4.78, 5) is 12.6. The Bertz CT molecular complexity index is 805. The number of aromatic nitrogens is 5. The van der Waals surface area contributed by atoms with E-state index in [4.69, 9.17) is 0 Å². The number of nitrogens with one attached hydrogen (secondary N) is 1. The van der Waals surface area contributed by atoms with Crippen LogP contribution in [0.3, 0.4) is 0 Å². The summed E-state index contributed by atoms with van der Waals surface area (Å²) in [7, 11) is 0.